The Morgan fingerprint density at radius 1 is 1.09 bits per heavy atom. The van der Waals surface area contributed by atoms with Crippen LogP contribution in [0.5, 0.6) is 11.6 Å². The molecule has 3 aromatic heterocycles. The molecule has 0 spiro atoms. The van der Waals surface area contributed by atoms with Crippen LogP contribution in [0.15, 0.2) is 65.5 Å². The van der Waals surface area contributed by atoms with Gasteiger partial charge in [0, 0.05) is 61.5 Å². The van der Waals surface area contributed by atoms with E-state index in [2.05, 4.69) is 25.2 Å². The third kappa shape index (κ3) is 6.52. The van der Waals surface area contributed by atoms with Gasteiger partial charge in [0.1, 0.15) is 11.3 Å². The molecule has 2 N–H and O–H groups in total. The first-order valence-electron chi connectivity index (χ1n) is 13.4. The number of aromatic nitrogens is 3. The van der Waals surface area contributed by atoms with Crippen LogP contribution >= 0.6 is 22.9 Å². The van der Waals surface area contributed by atoms with Crippen LogP contribution < -0.4 is 10.1 Å². The van der Waals surface area contributed by atoms with E-state index < -0.39 is 17.6 Å². The number of fused-ring (bicyclic) bond motifs is 1. The number of amides is 1. The zero-order valence-electron chi connectivity index (χ0n) is 22.9. The predicted molar refractivity (Wildman–Crippen MR) is 161 cm³/mol. The van der Waals surface area contributed by atoms with Crippen molar-refractivity contribution >= 4 is 45.6 Å². The second-order valence-electron chi connectivity index (χ2n) is 10.2. The Morgan fingerprint density at radius 3 is 2.65 bits per heavy atom. The number of hydrogen-bond acceptors (Lipinski definition) is 7. The molecular formula is C30H26ClF3N6O2S. The Balaban J connectivity index is 1.23. The van der Waals surface area contributed by atoms with E-state index >= 15 is 0 Å². The minimum Gasteiger partial charge on any atom is -0.437 e. The average molecular weight is 627 g/mol. The molecule has 13 heteroatoms. The highest BCUT2D eigenvalue weighted by molar-refractivity contribution is 7.08. The molecular weight excluding hydrogens is 601 g/mol. The molecule has 1 aliphatic heterocycles. The fourth-order valence-corrected chi connectivity index (χ4v) is 5.65. The molecule has 5 aromatic rings. The lowest BCUT2D eigenvalue weighted by molar-refractivity contribution is -0.138. The van der Waals surface area contributed by atoms with E-state index in [0.29, 0.717) is 35.7 Å². The number of piperazine rings is 1. The van der Waals surface area contributed by atoms with Gasteiger partial charge in [-0.3, -0.25) is 9.69 Å². The number of nitrogens with one attached hydrogen (secondary N) is 2. The van der Waals surface area contributed by atoms with Crippen LogP contribution in [0.4, 0.5) is 18.9 Å². The second-order valence-corrected chi connectivity index (χ2v) is 11.4. The van der Waals surface area contributed by atoms with Crippen LogP contribution in [-0.4, -0.2) is 63.9 Å². The molecule has 0 radical (unpaired) electrons. The number of alkyl halides is 3. The minimum absolute atomic E-state index is 0.129. The molecule has 4 heterocycles. The Hall–Kier alpha value is -3.97. The first-order valence-corrected chi connectivity index (χ1v) is 14.7. The fraction of sp³-hybridized carbons (Fsp3) is 0.233. The summed E-state index contributed by atoms with van der Waals surface area (Å²) in [7, 11) is 1.98. The van der Waals surface area contributed by atoms with Crippen molar-refractivity contribution in [2.75, 3.05) is 38.5 Å². The van der Waals surface area contributed by atoms with E-state index in [4.69, 9.17) is 16.3 Å². The number of nitrogens with zero attached hydrogens (tertiary/aromatic N) is 4. The van der Waals surface area contributed by atoms with Crippen LogP contribution in [0, 0.1) is 0 Å². The van der Waals surface area contributed by atoms with Gasteiger partial charge < -0.3 is 19.9 Å². The van der Waals surface area contributed by atoms with Crippen LogP contribution in [0.3, 0.4) is 0 Å². The summed E-state index contributed by atoms with van der Waals surface area (Å²) in [5, 5.41) is 6.67. The van der Waals surface area contributed by atoms with Gasteiger partial charge in [-0.2, -0.15) is 29.5 Å². The molecule has 0 bridgehead atoms. The summed E-state index contributed by atoms with van der Waals surface area (Å²) in [6, 6.07) is 12.0. The molecule has 0 aliphatic carbocycles. The van der Waals surface area contributed by atoms with E-state index in [1.807, 2.05) is 28.8 Å². The molecule has 1 fully saturated rings. The van der Waals surface area contributed by atoms with E-state index in [9.17, 15) is 18.0 Å². The number of benzene rings is 2. The highest BCUT2D eigenvalue weighted by Crippen LogP contribution is 2.35. The topological polar surface area (TPSA) is 86.4 Å². The van der Waals surface area contributed by atoms with Crippen LogP contribution in [0.1, 0.15) is 21.5 Å². The number of rotatable bonds is 7. The summed E-state index contributed by atoms with van der Waals surface area (Å²) in [6.45, 7) is 3.07. The lowest BCUT2D eigenvalue weighted by Crippen LogP contribution is -2.44. The largest absolute Gasteiger partial charge is 0.437 e. The highest BCUT2D eigenvalue weighted by Gasteiger charge is 2.34. The van der Waals surface area contributed by atoms with Crippen molar-refractivity contribution in [3.05, 3.63) is 87.2 Å². The van der Waals surface area contributed by atoms with Gasteiger partial charge in [-0.1, -0.05) is 17.7 Å². The smallest absolute Gasteiger partial charge is 0.416 e. The Labute approximate surface area is 254 Å². The molecule has 43 heavy (non-hydrogen) atoms. The number of carbonyl (C=O) groups is 1. The Kier molecular flexibility index (Phi) is 8.10. The number of ether oxygens (including phenoxy) is 1. The maximum absolute atomic E-state index is 14.1. The molecule has 0 unspecified atom stereocenters. The number of carbonyl (C=O) groups excluding carboxylic acids is 1. The van der Waals surface area contributed by atoms with Crippen LogP contribution in [0.2, 0.25) is 5.02 Å². The van der Waals surface area contributed by atoms with Gasteiger partial charge in [-0.05, 0) is 54.4 Å². The lowest BCUT2D eigenvalue weighted by Gasteiger charge is -2.33. The quantitative estimate of drug-likeness (QED) is 0.200. The summed E-state index contributed by atoms with van der Waals surface area (Å²) in [6.07, 6.45) is -2.89. The Bertz CT molecular complexity index is 1770. The number of hydrogen-bond donors (Lipinski definition) is 2. The number of H-pyrrole nitrogens is 1. The van der Waals surface area contributed by atoms with E-state index in [1.165, 1.54) is 35.6 Å². The second kappa shape index (κ2) is 12.0. The summed E-state index contributed by atoms with van der Waals surface area (Å²) < 4.78 is 48.3. The van der Waals surface area contributed by atoms with Gasteiger partial charge in [0.15, 0.2) is 5.82 Å². The van der Waals surface area contributed by atoms with Crippen molar-refractivity contribution in [2.45, 2.75) is 12.7 Å². The van der Waals surface area contributed by atoms with Crippen molar-refractivity contribution in [2.24, 2.45) is 0 Å². The van der Waals surface area contributed by atoms with E-state index in [-0.39, 0.29) is 34.3 Å². The summed E-state index contributed by atoms with van der Waals surface area (Å²) in [5.41, 5.74) is 1.41. The maximum Gasteiger partial charge on any atom is 0.416 e. The van der Waals surface area contributed by atoms with Gasteiger partial charge >= 0.3 is 6.18 Å². The van der Waals surface area contributed by atoms with Crippen molar-refractivity contribution < 1.29 is 22.7 Å². The van der Waals surface area contributed by atoms with Crippen molar-refractivity contribution in [1.29, 1.82) is 0 Å². The molecule has 2 aromatic carbocycles. The normalized spacial score (nSPS) is 14.7. The predicted octanol–water partition coefficient (Wildman–Crippen LogP) is 7.15. The van der Waals surface area contributed by atoms with Gasteiger partial charge in [0.25, 0.3) is 5.91 Å². The number of halogens is 4. The minimum atomic E-state index is -4.62. The van der Waals surface area contributed by atoms with E-state index in [0.717, 1.165) is 24.7 Å². The first-order chi connectivity index (χ1) is 20.6. The van der Waals surface area contributed by atoms with Crippen molar-refractivity contribution in [3.8, 4) is 23.0 Å². The standard InChI is InChI=1S/C30H26ClF3N6O2S/c1-39-9-11-40(12-10-39)16-19-3-2-18(14-22(19)30(32,33)34)28(41)37-25-15-21(4-5-23(25)31)42-29-26-24(6-8-35-26)36-27(38-29)20-7-13-43-17-20/h2-8,13-15,17,35H,9-12,16H2,1H3,(H,37,41). The number of thiophene rings is 1. The lowest BCUT2D eigenvalue weighted by atomic mass is 10.0. The van der Waals surface area contributed by atoms with Crippen molar-refractivity contribution in [1.82, 2.24) is 24.8 Å². The van der Waals surface area contributed by atoms with Gasteiger partial charge in [0.05, 0.1) is 21.8 Å². The molecule has 222 valence electrons. The van der Waals surface area contributed by atoms with Crippen molar-refractivity contribution in [3.63, 3.8) is 0 Å². The number of anilines is 1. The molecule has 0 atom stereocenters. The molecule has 6 rings (SSSR count). The molecule has 1 saturated heterocycles. The van der Waals surface area contributed by atoms with Gasteiger partial charge in [-0.15, -0.1) is 0 Å². The highest BCUT2D eigenvalue weighted by atomic mass is 35.5. The Morgan fingerprint density at radius 2 is 1.91 bits per heavy atom. The molecule has 0 saturated carbocycles. The average Bonchev–Trinajstić information content (AvgIpc) is 3.68. The number of aromatic amines is 1. The van der Waals surface area contributed by atoms with Gasteiger partial charge in [-0.25, -0.2) is 4.98 Å². The molecule has 1 aliphatic rings. The van der Waals surface area contributed by atoms with Crippen LogP contribution in [0.25, 0.3) is 22.4 Å². The summed E-state index contributed by atoms with van der Waals surface area (Å²) >= 11 is 7.88. The van der Waals surface area contributed by atoms with E-state index in [1.54, 1.807) is 18.3 Å². The molecule has 8 nitrogen and oxygen atoms in total. The first kappa shape index (κ1) is 29.1. The number of likely N-dealkylation sites (N-methyl/N-ethyl adjacent to an activating group) is 1. The maximum atomic E-state index is 14.1. The summed E-state index contributed by atoms with van der Waals surface area (Å²) in [5.74, 6) is 0.331. The zero-order chi connectivity index (χ0) is 30.1. The monoisotopic (exact) mass is 626 g/mol. The SMILES string of the molecule is CN1CCN(Cc2ccc(C(=O)Nc3cc(Oc4nc(-c5ccsc5)nc5cc[nH]c45)ccc3Cl)cc2C(F)(F)F)CC1. The zero-order valence-corrected chi connectivity index (χ0v) is 24.5. The van der Waals surface area contributed by atoms with Crippen LogP contribution in [-0.2, 0) is 12.7 Å². The van der Waals surface area contributed by atoms with Gasteiger partial charge in [0.2, 0.25) is 5.88 Å². The third-order valence-electron chi connectivity index (χ3n) is 7.22. The molecule has 1 amide bonds. The summed E-state index contributed by atoms with van der Waals surface area (Å²) in [4.78, 5) is 29.5. The third-order valence-corrected chi connectivity index (χ3v) is 8.23. The fourth-order valence-electron chi connectivity index (χ4n) is 4.85.